The number of aliphatic hydroxyl groups excluding tert-OH is 1. The van der Waals surface area contributed by atoms with E-state index in [1.165, 1.54) is 0 Å². The van der Waals surface area contributed by atoms with E-state index in [2.05, 4.69) is 4.98 Å². The van der Waals surface area contributed by atoms with Gasteiger partial charge in [0, 0.05) is 29.8 Å². The van der Waals surface area contributed by atoms with Crippen LogP contribution in [-0.2, 0) is 0 Å². The zero-order valence-corrected chi connectivity index (χ0v) is 11.7. The lowest BCUT2D eigenvalue weighted by Gasteiger charge is -2.12. The predicted molar refractivity (Wildman–Crippen MR) is 79.1 cm³/mol. The molecule has 0 saturated carbocycles. The van der Waals surface area contributed by atoms with Crippen LogP contribution >= 0.6 is 0 Å². The Bertz CT molecular complexity index is 729. The summed E-state index contributed by atoms with van der Waals surface area (Å²) >= 11 is 0. The fourth-order valence-corrected chi connectivity index (χ4v) is 2.07. The first kappa shape index (κ1) is 14.8. The van der Waals surface area contributed by atoms with Gasteiger partial charge in [-0.2, -0.15) is 5.26 Å². The zero-order valence-electron chi connectivity index (χ0n) is 11.7. The molecule has 1 aromatic heterocycles. The average molecular weight is 284 g/mol. The van der Waals surface area contributed by atoms with Crippen LogP contribution in [0.25, 0.3) is 11.1 Å². The maximum Gasteiger partial charge on any atom is 0.266 e. The molecule has 2 aromatic rings. The first-order valence-corrected chi connectivity index (χ1v) is 6.64. The highest BCUT2D eigenvalue weighted by Gasteiger charge is 2.14. The topological polar surface area (TPSA) is 86.1 Å². The van der Waals surface area contributed by atoms with Crippen molar-refractivity contribution in [3.8, 4) is 22.9 Å². The number of aliphatic hydroxyl groups is 1. The van der Waals surface area contributed by atoms with Crippen molar-refractivity contribution in [1.29, 1.82) is 5.26 Å². The van der Waals surface area contributed by atoms with Crippen molar-refractivity contribution in [2.24, 2.45) is 0 Å². The Balaban J connectivity index is 2.52. The van der Waals surface area contributed by atoms with Gasteiger partial charge in [0.05, 0.1) is 6.61 Å². The van der Waals surface area contributed by atoms with E-state index in [0.717, 1.165) is 0 Å². The van der Waals surface area contributed by atoms with Crippen LogP contribution in [0.2, 0.25) is 0 Å². The number of nitrogens with zero attached hydrogens (tertiary/aromatic N) is 1. The van der Waals surface area contributed by atoms with E-state index in [4.69, 9.17) is 9.84 Å². The lowest BCUT2D eigenvalue weighted by molar-refractivity contribution is 0.234. The molecule has 2 rings (SSSR count). The Hall–Kier alpha value is -2.58. The third-order valence-electron chi connectivity index (χ3n) is 3.02. The number of hydrogen-bond donors (Lipinski definition) is 2. The van der Waals surface area contributed by atoms with E-state index in [9.17, 15) is 10.1 Å². The lowest BCUT2D eigenvalue weighted by atomic mass is 10.00. The summed E-state index contributed by atoms with van der Waals surface area (Å²) in [6.07, 6.45) is 0.522. The number of ether oxygens (including phenoxy) is 1. The SMILES string of the molecule is Cc1cc(-c2ccccc2OCCCO)c(C#N)c(=O)[nH]1. The largest absolute Gasteiger partial charge is 0.493 e. The minimum atomic E-state index is -0.405. The van der Waals surface area contributed by atoms with Crippen molar-refractivity contribution in [1.82, 2.24) is 4.98 Å². The summed E-state index contributed by atoms with van der Waals surface area (Å²) in [6.45, 7) is 2.19. The van der Waals surface area contributed by atoms with Crippen molar-refractivity contribution >= 4 is 0 Å². The molecule has 0 aliphatic heterocycles. The number of aromatic nitrogens is 1. The number of pyridine rings is 1. The Morgan fingerprint density at radius 2 is 2.10 bits per heavy atom. The molecule has 0 unspecified atom stereocenters. The highest BCUT2D eigenvalue weighted by molar-refractivity contribution is 5.75. The van der Waals surface area contributed by atoms with Gasteiger partial charge in [0.1, 0.15) is 17.4 Å². The fourth-order valence-electron chi connectivity index (χ4n) is 2.07. The fraction of sp³-hybridized carbons (Fsp3) is 0.250. The number of rotatable bonds is 5. The van der Waals surface area contributed by atoms with E-state index >= 15 is 0 Å². The molecule has 0 aliphatic carbocycles. The smallest absolute Gasteiger partial charge is 0.266 e. The normalized spacial score (nSPS) is 10.1. The number of aryl methyl sites for hydroxylation is 1. The molecular weight excluding hydrogens is 268 g/mol. The lowest BCUT2D eigenvalue weighted by Crippen LogP contribution is -2.13. The number of para-hydroxylation sites is 1. The Kier molecular flexibility index (Phi) is 4.75. The Morgan fingerprint density at radius 1 is 1.33 bits per heavy atom. The third-order valence-corrected chi connectivity index (χ3v) is 3.02. The van der Waals surface area contributed by atoms with Crippen LogP contribution in [-0.4, -0.2) is 23.3 Å². The number of nitrogens with one attached hydrogen (secondary N) is 1. The number of H-pyrrole nitrogens is 1. The van der Waals surface area contributed by atoms with Gasteiger partial charge in [-0.25, -0.2) is 0 Å². The van der Waals surface area contributed by atoms with Crippen molar-refractivity contribution < 1.29 is 9.84 Å². The van der Waals surface area contributed by atoms with Gasteiger partial charge >= 0.3 is 0 Å². The maximum absolute atomic E-state index is 11.9. The summed E-state index contributed by atoms with van der Waals surface area (Å²) in [4.78, 5) is 14.5. The van der Waals surface area contributed by atoms with Gasteiger partial charge < -0.3 is 14.8 Å². The molecule has 0 aliphatic rings. The summed E-state index contributed by atoms with van der Waals surface area (Å²) in [7, 11) is 0. The van der Waals surface area contributed by atoms with Crippen molar-refractivity contribution in [2.75, 3.05) is 13.2 Å². The van der Waals surface area contributed by atoms with Gasteiger partial charge in [-0.15, -0.1) is 0 Å². The summed E-state index contributed by atoms with van der Waals surface area (Å²) in [6, 6.07) is 10.9. The standard InChI is InChI=1S/C16H16N2O3/c1-11-9-13(14(10-17)16(20)18-11)12-5-2-3-6-15(12)21-8-4-7-19/h2-3,5-6,9,19H,4,7-8H2,1H3,(H,18,20). The first-order chi connectivity index (χ1) is 10.2. The summed E-state index contributed by atoms with van der Waals surface area (Å²) < 4.78 is 5.63. The van der Waals surface area contributed by atoms with Gasteiger partial charge in [-0.3, -0.25) is 4.79 Å². The number of nitriles is 1. The van der Waals surface area contributed by atoms with Gasteiger partial charge in [-0.1, -0.05) is 18.2 Å². The molecule has 5 nitrogen and oxygen atoms in total. The molecule has 0 bridgehead atoms. The highest BCUT2D eigenvalue weighted by Crippen LogP contribution is 2.31. The quantitative estimate of drug-likeness (QED) is 0.822. The van der Waals surface area contributed by atoms with Crippen molar-refractivity contribution in [3.05, 3.63) is 51.9 Å². The zero-order chi connectivity index (χ0) is 15.2. The van der Waals surface area contributed by atoms with Crippen LogP contribution in [0, 0.1) is 18.3 Å². The van der Waals surface area contributed by atoms with E-state index in [0.29, 0.717) is 35.6 Å². The molecule has 0 spiro atoms. The van der Waals surface area contributed by atoms with Crippen LogP contribution in [0.3, 0.4) is 0 Å². The molecule has 0 fully saturated rings. The summed E-state index contributed by atoms with van der Waals surface area (Å²) in [5, 5.41) is 18.0. The van der Waals surface area contributed by atoms with Gasteiger partial charge in [0.15, 0.2) is 0 Å². The van der Waals surface area contributed by atoms with E-state index in [1.807, 2.05) is 24.3 Å². The number of benzene rings is 1. The summed E-state index contributed by atoms with van der Waals surface area (Å²) in [5.41, 5.74) is 1.59. The molecule has 0 radical (unpaired) electrons. The van der Waals surface area contributed by atoms with Crippen LogP contribution in [0.1, 0.15) is 17.7 Å². The molecule has 21 heavy (non-hydrogen) atoms. The van der Waals surface area contributed by atoms with Crippen LogP contribution in [0.5, 0.6) is 5.75 Å². The van der Waals surface area contributed by atoms with Crippen LogP contribution in [0.4, 0.5) is 0 Å². The van der Waals surface area contributed by atoms with Gasteiger partial charge in [-0.05, 0) is 19.1 Å². The van der Waals surface area contributed by atoms with Crippen molar-refractivity contribution in [3.63, 3.8) is 0 Å². The maximum atomic E-state index is 11.9. The predicted octanol–water partition coefficient (Wildman–Crippen LogP) is 1.98. The van der Waals surface area contributed by atoms with Crippen LogP contribution in [0.15, 0.2) is 35.1 Å². The van der Waals surface area contributed by atoms with Gasteiger partial charge in [0.2, 0.25) is 0 Å². The molecule has 108 valence electrons. The second-order valence-electron chi connectivity index (χ2n) is 4.60. The molecular formula is C16H16N2O3. The number of hydrogen-bond acceptors (Lipinski definition) is 4. The molecule has 0 atom stereocenters. The second-order valence-corrected chi connectivity index (χ2v) is 4.60. The van der Waals surface area contributed by atoms with Crippen molar-refractivity contribution in [2.45, 2.75) is 13.3 Å². The Morgan fingerprint density at radius 3 is 2.81 bits per heavy atom. The molecule has 1 aromatic carbocycles. The average Bonchev–Trinajstić information content (AvgIpc) is 2.47. The minimum absolute atomic E-state index is 0.0513. The number of aromatic amines is 1. The van der Waals surface area contributed by atoms with E-state index < -0.39 is 5.56 Å². The monoisotopic (exact) mass is 284 g/mol. The Labute approximate surface area is 122 Å². The third kappa shape index (κ3) is 3.30. The first-order valence-electron chi connectivity index (χ1n) is 6.64. The molecule has 2 N–H and O–H groups in total. The molecule has 0 saturated heterocycles. The second kappa shape index (κ2) is 6.73. The molecule has 5 heteroatoms. The minimum Gasteiger partial charge on any atom is -0.493 e. The molecule has 1 heterocycles. The summed E-state index contributed by atoms with van der Waals surface area (Å²) in [5.74, 6) is 0.590. The molecule has 0 amide bonds. The van der Waals surface area contributed by atoms with Gasteiger partial charge in [0.25, 0.3) is 5.56 Å². The van der Waals surface area contributed by atoms with E-state index in [1.54, 1.807) is 19.1 Å². The van der Waals surface area contributed by atoms with Crippen LogP contribution < -0.4 is 10.3 Å². The highest BCUT2D eigenvalue weighted by atomic mass is 16.5. The van der Waals surface area contributed by atoms with E-state index in [-0.39, 0.29) is 12.2 Å².